The molecule has 1 aromatic carbocycles. The number of nitrogens with zero attached hydrogens (tertiary/aromatic N) is 4. The molecule has 2 aliphatic carbocycles. The van der Waals surface area contributed by atoms with Crippen molar-refractivity contribution in [1.82, 2.24) is 4.98 Å². The molecule has 1 saturated heterocycles. The molecule has 3 fully saturated rings. The molecule has 4 aliphatic rings. The number of ketones is 1. The second-order valence-electron chi connectivity index (χ2n) is 14.6. The van der Waals surface area contributed by atoms with Crippen molar-refractivity contribution < 1.29 is 9.90 Å². The van der Waals surface area contributed by atoms with Gasteiger partial charge < -0.3 is 14.9 Å². The lowest BCUT2D eigenvalue weighted by molar-refractivity contribution is 0.0602. The summed E-state index contributed by atoms with van der Waals surface area (Å²) in [5, 5.41) is 11.5. The highest BCUT2D eigenvalue weighted by atomic mass is 16.3. The van der Waals surface area contributed by atoms with Crippen LogP contribution >= 0.6 is 0 Å². The van der Waals surface area contributed by atoms with E-state index in [1.165, 1.54) is 44.2 Å². The van der Waals surface area contributed by atoms with Crippen molar-refractivity contribution in [2.75, 3.05) is 16.3 Å². The Labute approximate surface area is 252 Å². The highest BCUT2D eigenvalue weighted by Gasteiger charge is 2.52. The van der Waals surface area contributed by atoms with Gasteiger partial charge in [0.1, 0.15) is 5.84 Å². The van der Waals surface area contributed by atoms with Crippen molar-refractivity contribution in [2.45, 2.75) is 104 Å². The number of aromatic nitrogens is 1. The Balaban J connectivity index is 1.37. The van der Waals surface area contributed by atoms with Gasteiger partial charge in [0.05, 0.1) is 17.4 Å². The highest BCUT2D eigenvalue weighted by Crippen LogP contribution is 2.46. The molecule has 0 bridgehead atoms. The number of hydrogen-bond acceptors (Lipinski definition) is 6. The normalized spacial score (nSPS) is 33.0. The molecule has 2 aromatic rings. The van der Waals surface area contributed by atoms with E-state index in [9.17, 15) is 9.90 Å². The van der Waals surface area contributed by atoms with E-state index >= 15 is 0 Å². The van der Waals surface area contributed by atoms with Gasteiger partial charge in [-0.15, -0.1) is 0 Å². The average Bonchev–Trinajstić information content (AvgIpc) is 3.31. The molecule has 226 valence electrons. The summed E-state index contributed by atoms with van der Waals surface area (Å²) < 4.78 is 0. The molecule has 1 aromatic heterocycles. The van der Waals surface area contributed by atoms with Crippen molar-refractivity contribution in [3.8, 4) is 0 Å². The van der Waals surface area contributed by atoms with Gasteiger partial charge in [-0.3, -0.25) is 9.78 Å². The van der Waals surface area contributed by atoms with Crippen molar-refractivity contribution in [1.29, 1.82) is 0 Å². The maximum atomic E-state index is 13.3. The number of carbonyl (C=O) groups excluding carboxylic acids is 1. The topological polar surface area (TPSA) is 69.0 Å². The average molecular weight is 571 g/mol. The van der Waals surface area contributed by atoms with Crippen LogP contribution in [0.3, 0.4) is 0 Å². The lowest BCUT2D eigenvalue weighted by Gasteiger charge is -2.53. The number of aliphatic hydroxyl groups is 1. The summed E-state index contributed by atoms with van der Waals surface area (Å²) in [6.45, 7) is 15.1. The Morgan fingerprint density at radius 3 is 2.07 bits per heavy atom. The van der Waals surface area contributed by atoms with Crippen LogP contribution in [0.4, 0.5) is 17.1 Å². The molecule has 0 amide bonds. The van der Waals surface area contributed by atoms with Crippen LogP contribution in [0.25, 0.3) is 0 Å². The lowest BCUT2D eigenvalue weighted by Crippen LogP contribution is -2.55. The predicted octanol–water partition coefficient (Wildman–Crippen LogP) is 7.68. The van der Waals surface area contributed by atoms with Gasteiger partial charge in [-0.25, -0.2) is 4.99 Å². The van der Waals surface area contributed by atoms with Gasteiger partial charge in [-0.05, 0) is 91.5 Å². The number of rotatable bonds is 6. The van der Waals surface area contributed by atoms with Crippen molar-refractivity contribution in [2.24, 2.45) is 40.5 Å². The van der Waals surface area contributed by atoms with Crippen LogP contribution in [-0.4, -0.2) is 45.9 Å². The number of carbonyl (C=O) groups is 1. The number of hydrogen-bond donors (Lipinski definition) is 1. The summed E-state index contributed by atoms with van der Waals surface area (Å²) in [4.78, 5) is 27.2. The molecular weight excluding hydrogens is 520 g/mol. The third-order valence-electron chi connectivity index (χ3n) is 11.1. The summed E-state index contributed by atoms with van der Waals surface area (Å²) >= 11 is 0. The van der Waals surface area contributed by atoms with Gasteiger partial charge in [-0.1, -0.05) is 54.4 Å². The van der Waals surface area contributed by atoms with Crippen LogP contribution in [0.1, 0.15) is 96.8 Å². The summed E-state index contributed by atoms with van der Waals surface area (Å²) in [5.74, 6) is 4.34. The summed E-state index contributed by atoms with van der Waals surface area (Å²) in [6, 6.07) is 11.7. The van der Waals surface area contributed by atoms with Gasteiger partial charge in [-0.2, -0.15) is 0 Å². The third kappa shape index (κ3) is 5.08. The largest absolute Gasteiger partial charge is 0.374 e. The molecule has 2 aliphatic heterocycles. The molecule has 2 saturated carbocycles. The SMILES string of the molecule is CC1CCC(C(C)C)C(N(c2ccc(N3CCC4(O)C(=O)c5ccncc5N=C34)cc2)C2CC(C)CCC2C(C)C)C1. The second-order valence-corrected chi connectivity index (χ2v) is 14.6. The van der Waals surface area contributed by atoms with Gasteiger partial charge in [0.15, 0.2) is 5.60 Å². The quantitative estimate of drug-likeness (QED) is 0.386. The van der Waals surface area contributed by atoms with E-state index in [2.05, 4.69) is 75.7 Å². The predicted molar refractivity (Wildman–Crippen MR) is 172 cm³/mol. The molecule has 0 radical (unpaired) electrons. The minimum Gasteiger partial charge on any atom is -0.374 e. The van der Waals surface area contributed by atoms with Crippen LogP contribution in [-0.2, 0) is 0 Å². The van der Waals surface area contributed by atoms with Crippen LogP contribution < -0.4 is 9.80 Å². The van der Waals surface area contributed by atoms with Crippen molar-refractivity contribution >= 4 is 28.7 Å². The molecular formula is C36H50N4O2. The third-order valence-corrected chi connectivity index (χ3v) is 11.1. The van der Waals surface area contributed by atoms with Crippen molar-refractivity contribution in [3.05, 3.63) is 48.3 Å². The molecule has 6 heteroatoms. The molecule has 3 heterocycles. The molecule has 42 heavy (non-hydrogen) atoms. The van der Waals surface area contributed by atoms with Crippen LogP contribution in [0.2, 0.25) is 0 Å². The molecule has 6 rings (SSSR count). The van der Waals surface area contributed by atoms with Gasteiger partial charge in [0.25, 0.3) is 0 Å². The van der Waals surface area contributed by atoms with Gasteiger partial charge in [0.2, 0.25) is 5.78 Å². The Morgan fingerprint density at radius 2 is 1.50 bits per heavy atom. The Hall–Kier alpha value is -2.73. The highest BCUT2D eigenvalue weighted by molar-refractivity contribution is 6.28. The Morgan fingerprint density at radius 1 is 0.905 bits per heavy atom. The van der Waals surface area contributed by atoms with Crippen molar-refractivity contribution in [3.63, 3.8) is 0 Å². The molecule has 1 N–H and O–H groups in total. The molecule has 0 spiro atoms. The van der Waals surface area contributed by atoms with Gasteiger partial charge >= 0.3 is 0 Å². The fraction of sp³-hybridized carbons (Fsp3) is 0.639. The number of amidine groups is 1. The number of benzene rings is 1. The number of fused-ring (bicyclic) bond motifs is 2. The zero-order valence-electron chi connectivity index (χ0n) is 26.5. The second kappa shape index (κ2) is 11.4. The van der Waals surface area contributed by atoms with E-state index in [1.54, 1.807) is 18.5 Å². The van der Waals surface area contributed by atoms with Crippen LogP contribution in [0.15, 0.2) is 47.7 Å². The maximum absolute atomic E-state index is 13.3. The molecule has 7 unspecified atom stereocenters. The van der Waals surface area contributed by atoms with E-state index in [0.717, 1.165) is 17.5 Å². The monoisotopic (exact) mass is 570 g/mol. The minimum absolute atomic E-state index is 0.271. The van der Waals surface area contributed by atoms with E-state index in [4.69, 9.17) is 4.99 Å². The first-order chi connectivity index (χ1) is 20.1. The summed E-state index contributed by atoms with van der Waals surface area (Å²) in [5.41, 5.74) is 1.70. The smallest absolute Gasteiger partial charge is 0.204 e. The maximum Gasteiger partial charge on any atom is 0.204 e. The standard InChI is InChI=1S/C36H50N4O2/c1-22(2)28-13-7-24(5)19-32(28)40(33-20-25(6)8-14-29(33)23(3)4)27-11-9-26(10-12-27)39-18-16-36(42)34(41)30-15-17-37-21-31(30)38-35(36)39/h9-12,15,17,21-25,28-29,32-33,42H,7-8,13-14,16,18-20H2,1-6H3. The van der Waals surface area contributed by atoms with Gasteiger partial charge in [0, 0.05) is 42.6 Å². The van der Waals surface area contributed by atoms with Crippen LogP contribution in [0.5, 0.6) is 0 Å². The number of pyridine rings is 1. The van der Waals surface area contributed by atoms with E-state index in [0.29, 0.717) is 65.8 Å². The first-order valence-electron chi connectivity index (χ1n) is 16.5. The van der Waals surface area contributed by atoms with Crippen LogP contribution in [0, 0.1) is 35.5 Å². The zero-order chi connectivity index (χ0) is 29.8. The first kappa shape index (κ1) is 29.3. The number of aliphatic imine (C=N–C) groups is 1. The minimum atomic E-state index is -1.58. The Bertz CT molecular complexity index is 1290. The molecule has 7 atom stereocenters. The van der Waals surface area contributed by atoms with E-state index in [1.807, 2.05) is 4.90 Å². The lowest BCUT2D eigenvalue weighted by atomic mass is 9.69. The fourth-order valence-electron chi connectivity index (χ4n) is 8.72. The van der Waals surface area contributed by atoms with E-state index < -0.39 is 5.60 Å². The number of Topliss-reactive ketones (excluding diaryl/α,β-unsaturated/α-hetero) is 1. The first-order valence-corrected chi connectivity index (χ1v) is 16.5. The zero-order valence-corrected chi connectivity index (χ0v) is 26.5. The van der Waals surface area contributed by atoms with E-state index in [-0.39, 0.29) is 5.78 Å². The Kier molecular flexibility index (Phi) is 7.97. The summed E-state index contributed by atoms with van der Waals surface area (Å²) in [7, 11) is 0. The fourth-order valence-corrected chi connectivity index (χ4v) is 8.72. The molecule has 6 nitrogen and oxygen atoms in total. The number of anilines is 2. The summed E-state index contributed by atoms with van der Waals surface area (Å²) in [6.07, 6.45) is 11.3.